The molecule has 29 heteroatoms. The van der Waals surface area contributed by atoms with Gasteiger partial charge in [0.2, 0.25) is 17.7 Å². The average molecular weight is 2090 g/mol. The molecule has 10 heterocycles. The van der Waals surface area contributed by atoms with Gasteiger partial charge in [0.05, 0.1) is 10.1 Å². The van der Waals surface area contributed by atoms with Crippen molar-refractivity contribution in [3.8, 4) is 0 Å². The van der Waals surface area contributed by atoms with E-state index >= 15 is 0 Å². The summed E-state index contributed by atoms with van der Waals surface area (Å²) in [7, 11) is 0.377. The largest absolute Gasteiger partial charge is 0.345 e. The molecule has 5 fully saturated rings. The number of hydrogen-bond acceptors (Lipinski definition) is 12. The molecule has 0 radical (unpaired) electrons. The topological polar surface area (TPSA) is 303 Å². The van der Waals surface area contributed by atoms with Gasteiger partial charge in [0.1, 0.15) is 25.1 Å². The van der Waals surface area contributed by atoms with Crippen LogP contribution in [-0.4, -0.2) is 171 Å². The van der Waals surface area contributed by atoms with Gasteiger partial charge in [-0.05, 0) is 201 Å². The van der Waals surface area contributed by atoms with Gasteiger partial charge in [-0.3, -0.25) is 43.2 Å². The number of nitrogens with zero attached hydrogens (tertiary/aromatic N) is 6. The van der Waals surface area contributed by atoms with Crippen molar-refractivity contribution in [3.63, 3.8) is 0 Å². The molecule has 146 heavy (non-hydrogen) atoms. The molecule has 6 amide bonds. The molecule has 5 aliphatic heterocycles. The van der Waals surface area contributed by atoms with Crippen molar-refractivity contribution in [2.75, 3.05) is 73.0 Å². The highest BCUT2D eigenvalue weighted by atomic mass is 35.5. The molecule has 5 N–H and O–H groups in total. The number of pyridine rings is 5. The first kappa shape index (κ1) is 111. The third-order valence-electron chi connectivity index (χ3n) is 27.0. The number of hydrogen-bond donors (Lipinski definition) is 5. The number of nitrogens with one attached hydrogen (secondary N) is 5. The summed E-state index contributed by atoms with van der Waals surface area (Å²) in [6.07, 6.45) is 19.2. The van der Waals surface area contributed by atoms with E-state index in [-0.39, 0.29) is 110 Å². The van der Waals surface area contributed by atoms with Gasteiger partial charge in [-0.2, -0.15) is 0 Å². The fourth-order valence-corrected chi connectivity index (χ4v) is 20.0. The molecule has 766 valence electrons. The molecule has 4 saturated heterocycles. The summed E-state index contributed by atoms with van der Waals surface area (Å²) < 4.78 is 24.9. The van der Waals surface area contributed by atoms with E-state index in [4.69, 9.17) is 58.0 Å². The predicted octanol–water partition coefficient (Wildman–Crippen LogP) is 22.7. The lowest BCUT2D eigenvalue weighted by Gasteiger charge is -2.24. The van der Waals surface area contributed by atoms with E-state index in [1.807, 2.05) is 77.5 Å². The van der Waals surface area contributed by atoms with Crippen molar-refractivity contribution in [2.45, 2.75) is 192 Å². The number of sulfone groups is 1. The maximum atomic E-state index is 12.8. The third kappa shape index (κ3) is 28.8. The number of aromatic amines is 5. The van der Waals surface area contributed by atoms with Gasteiger partial charge in [-0.1, -0.05) is 312 Å². The first-order chi connectivity index (χ1) is 69.2. The van der Waals surface area contributed by atoms with Gasteiger partial charge >= 0.3 is 6.03 Å². The second kappa shape index (κ2) is 48.3. The molecule has 17 rings (SSSR count). The number of carbonyl (C=O) groups excluding carboxylic acids is 5. The second-order valence-electron chi connectivity index (χ2n) is 41.8. The number of allylic oxidation sites excluding steroid dienone is 1. The van der Waals surface area contributed by atoms with Gasteiger partial charge in [0.15, 0.2) is 9.84 Å². The van der Waals surface area contributed by atoms with E-state index < -0.39 is 15.4 Å². The van der Waals surface area contributed by atoms with Crippen LogP contribution in [0.3, 0.4) is 0 Å². The Morgan fingerprint density at radius 3 is 0.973 bits per heavy atom. The summed E-state index contributed by atoms with van der Waals surface area (Å²) in [6, 6.07) is 64.7. The molecule has 5 aromatic heterocycles. The van der Waals surface area contributed by atoms with Crippen molar-refractivity contribution in [2.24, 2.45) is 5.92 Å². The van der Waals surface area contributed by atoms with E-state index in [0.29, 0.717) is 117 Å². The lowest BCUT2D eigenvalue weighted by Crippen LogP contribution is -2.33. The van der Waals surface area contributed by atoms with Crippen molar-refractivity contribution >= 4 is 125 Å². The van der Waals surface area contributed by atoms with E-state index in [1.54, 1.807) is 93.4 Å². The number of halogens is 5. The lowest BCUT2D eigenvalue weighted by atomic mass is 9.86. The molecule has 0 spiro atoms. The Kier molecular flexibility index (Phi) is 36.6. The Bertz CT molecular complexity index is 7050. The third-order valence-corrected chi connectivity index (χ3v) is 30.7. The maximum Gasteiger partial charge on any atom is 0.320 e. The van der Waals surface area contributed by atoms with Crippen LogP contribution >= 0.6 is 58.0 Å². The molecular weight excluding hydrogens is 1960 g/mol. The number of likely N-dealkylation sites (N-methyl/N-ethyl adjacent to an activating group) is 1. The molecular formula is C117H130Cl5N11O12S. The van der Waals surface area contributed by atoms with Gasteiger partial charge in [-0.15, -0.1) is 0 Å². The minimum Gasteiger partial charge on any atom is -0.345 e. The molecule has 23 nitrogen and oxygen atoms in total. The summed E-state index contributed by atoms with van der Waals surface area (Å²) in [4.78, 5) is 147. The van der Waals surface area contributed by atoms with Crippen LogP contribution in [-0.2, 0) is 52.4 Å². The van der Waals surface area contributed by atoms with Crippen LogP contribution < -0.4 is 27.8 Å². The molecule has 6 aliphatic rings. The average Bonchev–Trinajstić information content (AvgIpc) is 1.59. The minimum absolute atomic E-state index is 0.00660. The molecule has 1 saturated carbocycles. The number of benzene rings is 6. The standard InChI is InChI=1S/C26H25ClN2O2.C25H31ClN2O2.C23H27ClN2O2.C22H26ClN3O2.C21H21ClN2O4S/c1-26(2,3)19-10-8-17(9-11-19)20(23-13-12-22(27)24(30)28-23)14-15-29-16-18-6-4-5-7-21(18)25(29)31;1-25(2,3)19-11-9-18(10-12-19)20(22-14-13-21(26)24(30)27-22)15-17-28-16-7-5-4-6-8-23(28)29;1-23(2,3)17-8-5-15(6-9-17)18(20-12-11-19(24)21(27)25-20)10-7-16-13-14-26(4)22(16)28;1-22(2,3)16-7-5-15(6-8-16)17(19-10-9-18(23)20(27)24-19)11-12-26-14-13-25(4)21(26)28;22-18-9-10-19(23-21(18)26)17(11-13-24-12-1-2-20(24)25)14-3-5-15(6-4-14)29(27,28)16-7-8-16/h4-14H,15-16H2,1-3H3,(H,28,30);9-15H,4-8,16-17H2,1-3H3,(H,27,30);5-6,8-12,16H,7,13-14H2,1-4H3,(H,25,27);5-11H,12-14H2,1-4H3,(H,24,27);3-6,9-11,16H,1-2,7-8,12-13H2,(H,23,26)/b20-14+;20-15+;18-10+;2*17-11+. The monoisotopic (exact) mass is 2090 g/mol. The first-order valence-corrected chi connectivity index (χ1v) is 53.0. The fourth-order valence-electron chi connectivity index (χ4n) is 17.8. The Labute approximate surface area is 879 Å². The normalized spacial score (nSPS) is 16.3. The highest BCUT2D eigenvalue weighted by Crippen LogP contribution is 2.38. The van der Waals surface area contributed by atoms with Crippen molar-refractivity contribution in [1.29, 1.82) is 0 Å². The summed E-state index contributed by atoms with van der Waals surface area (Å²) >= 11 is 29.5. The van der Waals surface area contributed by atoms with Crippen LogP contribution in [0.25, 0.3) is 27.9 Å². The number of likely N-dealkylation sites (tertiary alicyclic amines) is 3. The van der Waals surface area contributed by atoms with Crippen LogP contribution in [0.15, 0.2) is 266 Å². The number of rotatable bonds is 22. The number of H-pyrrole nitrogens is 5. The van der Waals surface area contributed by atoms with Crippen LogP contribution in [0.2, 0.25) is 25.1 Å². The van der Waals surface area contributed by atoms with E-state index in [1.165, 1.54) is 34.7 Å². The number of fused-ring (bicyclic) bond motifs is 1. The molecule has 1 unspecified atom stereocenters. The van der Waals surface area contributed by atoms with Crippen LogP contribution in [0.4, 0.5) is 4.79 Å². The zero-order chi connectivity index (χ0) is 105. The predicted molar refractivity (Wildman–Crippen MR) is 590 cm³/mol. The lowest BCUT2D eigenvalue weighted by molar-refractivity contribution is -0.131. The van der Waals surface area contributed by atoms with Crippen LogP contribution in [0, 0.1) is 5.92 Å². The van der Waals surface area contributed by atoms with Crippen molar-refractivity contribution in [1.82, 2.24) is 54.3 Å². The zero-order valence-corrected chi connectivity index (χ0v) is 90.0. The van der Waals surface area contributed by atoms with Gasteiger partial charge < -0.3 is 54.3 Å². The number of amides is 6. The maximum absolute atomic E-state index is 12.8. The quantitative estimate of drug-likeness (QED) is 0.0423. The zero-order valence-electron chi connectivity index (χ0n) is 85.4. The van der Waals surface area contributed by atoms with E-state index in [0.717, 1.165) is 113 Å². The van der Waals surface area contributed by atoms with Gasteiger partial charge in [0.25, 0.3) is 33.7 Å². The van der Waals surface area contributed by atoms with Crippen molar-refractivity contribution < 1.29 is 32.4 Å². The van der Waals surface area contributed by atoms with E-state index in [2.05, 4.69) is 211 Å². The summed E-state index contributed by atoms with van der Waals surface area (Å²) in [5, 5.41) is 0.462. The summed E-state index contributed by atoms with van der Waals surface area (Å²) in [5.41, 5.74) is 17.6. The Balaban J connectivity index is 0.000000153. The molecule has 0 bridgehead atoms. The smallest absolute Gasteiger partial charge is 0.320 e. The van der Waals surface area contributed by atoms with E-state index in [9.17, 15) is 56.4 Å². The van der Waals surface area contributed by atoms with Crippen molar-refractivity contribution in [3.05, 3.63) is 403 Å². The number of carbonyl (C=O) groups is 5. The van der Waals surface area contributed by atoms with Crippen LogP contribution in [0.1, 0.15) is 248 Å². The Morgan fingerprint density at radius 1 is 0.336 bits per heavy atom. The highest BCUT2D eigenvalue weighted by Gasteiger charge is 2.38. The Morgan fingerprint density at radius 2 is 0.658 bits per heavy atom. The molecule has 11 aromatic rings. The molecule has 1 aliphatic carbocycles. The minimum atomic E-state index is -3.27. The Hall–Kier alpha value is -12.7. The first-order valence-electron chi connectivity index (χ1n) is 49.6. The van der Waals surface area contributed by atoms with Crippen LogP contribution in [0.5, 0.6) is 0 Å². The summed E-state index contributed by atoms with van der Waals surface area (Å²) in [5.74, 6) is 0.518. The number of aromatic nitrogens is 5. The van der Waals surface area contributed by atoms with Gasteiger partial charge in [-0.25, -0.2) is 13.2 Å². The SMILES string of the molecule is CC(C)(C)c1ccc(/C(=C\CN2CCCCCCC2=O)c2ccc(Cl)c(=O)[nH]2)cc1.CC(C)(C)c1ccc(/C(=C\CN2Cc3ccccc3C2=O)c2ccc(Cl)c(=O)[nH]2)cc1.CN1CCC(C/C=C(\c2ccc(C(C)(C)C)cc2)c2ccc(Cl)c(=O)[nH]2)C1=O.CN1CCN(C/C=C(\c2ccc(C(C)(C)C)cc2)c2ccc(Cl)c(=O)[nH]2)C1=O.O=C1CCCN1C/C=C(\c1ccc(S(=O)(=O)C2CC2)cc1)c1ccc(Cl)c(=O)[nH]1. The van der Waals surface area contributed by atoms with Gasteiger partial charge in [0, 0.05) is 160 Å². The molecule has 1 atom stereocenters. The fraction of sp³-hybridized carbons (Fsp3) is 0.350. The summed E-state index contributed by atoms with van der Waals surface area (Å²) in [6.45, 7) is 32.3. The molecule has 6 aromatic carbocycles. The second-order valence-corrected chi connectivity index (χ2v) is 46.1. The number of urea groups is 1. The highest BCUT2D eigenvalue weighted by molar-refractivity contribution is 7.92.